The minimum absolute atomic E-state index is 0.0278. The van der Waals surface area contributed by atoms with Crippen molar-refractivity contribution >= 4 is 11.7 Å². The van der Waals surface area contributed by atoms with Gasteiger partial charge in [0.05, 0.1) is 12.6 Å². The molecule has 9 atom stereocenters. The minimum atomic E-state index is -2.24. The predicted octanol–water partition coefficient (Wildman–Crippen LogP) is 5.29. The zero-order chi connectivity index (χ0) is 38.4. The van der Waals surface area contributed by atoms with E-state index in [1.807, 2.05) is 13.8 Å². The first-order valence-electron chi connectivity index (χ1n) is 18.8. The van der Waals surface area contributed by atoms with Crippen molar-refractivity contribution < 1.29 is 34.8 Å². The van der Waals surface area contributed by atoms with E-state index in [-0.39, 0.29) is 71.1 Å². The third-order valence-corrected chi connectivity index (χ3v) is 13.8. The SMILES string of the molecule is CC(=O)NCC(=O)[C@]1(C)CC[C@H](C(C)C)[C@@H]1c1cc([C@]2(O)Cc3cc(=O)c(O)c(C)c4c3[C@@H](O2)[C@H](O)[C@]2(C)CC[C@H](C(C)C)[C@H]42)cc(=O)c(O)c1C. The van der Waals surface area contributed by atoms with E-state index >= 15 is 0 Å². The number of aliphatic hydroxyl groups excluding tert-OH is 1. The van der Waals surface area contributed by atoms with Crippen LogP contribution < -0.4 is 16.2 Å². The second-order valence-corrected chi connectivity index (χ2v) is 17.4. The van der Waals surface area contributed by atoms with Crippen molar-refractivity contribution in [1.82, 2.24) is 5.32 Å². The number of rotatable bonds is 7. The number of amides is 1. The molecule has 4 aliphatic rings. The highest BCUT2D eigenvalue weighted by Gasteiger charge is 2.61. The van der Waals surface area contributed by atoms with Crippen molar-refractivity contribution in [3.8, 4) is 11.5 Å². The molecular formula is C42H55NO9. The summed E-state index contributed by atoms with van der Waals surface area (Å²) in [4.78, 5) is 52.9. The fourth-order valence-corrected chi connectivity index (χ4v) is 10.7. The van der Waals surface area contributed by atoms with Gasteiger partial charge in [-0.15, -0.1) is 0 Å². The van der Waals surface area contributed by atoms with E-state index in [4.69, 9.17) is 4.74 Å². The maximum Gasteiger partial charge on any atom is 0.220 e. The van der Waals surface area contributed by atoms with E-state index < -0.39 is 51.4 Å². The second-order valence-electron chi connectivity index (χ2n) is 17.4. The Bertz CT molecular complexity index is 1960. The van der Waals surface area contributed by atoms with Crippen LogP contribution in [-0.2, 0) is 26.5 Å². The van der Waals surface area contributed by atoms with Gasteiger partial charge in [0.15, 0.2) is 23.1 Å². The molecule has 10 nitrogen and oxygen atoms in total. The molecule has 0 aromatic heterocycles. The Morgan fingerprint density at radius 3 is 2.08 bits per heavy atom. The van der Waals surface area contributed by atoms with Crippen LogP contribution in [0.15, 0.2) is 27.8 Å². The van der Waals surface area contributed by atoms with Gasteiger partial charge in [-0.1, -0.05) is 41.5 Å². The molecule has 2 saturated carbocycles. The highest BCUT2D eigenvalue weighted by molar-refractivity contribution is 5.90. The number of Topliss-reactive ketones (excluding diaryl/α,β-unsaturated/α-hetero) is 1. The Hall–Kier alpha value is -3.60. The maximum absolute atomic E-state index is 13.9. The van der Waals surface area contributed by atoms with E-state index in [9.17, 15) is 39.6 Å². The summed E-state index contributed by atoms with van der Waals surface area (Å²) in [6, 6.07) is 4.09. The zero-order valence-corrected chi connectivity index (χ0v) is 31.9. The third kappa shape index (κ3) is 5.71. The van der Waals surface area contributed by atoms with Crippen molar-refractivity contribution in [2.24, 2.45) is 34.5 Å². The molecule has 52 heavy (non-hydrogen) atoms. The average Bonchev–Trinajstić information content (AvgIpc) is 3.57. The van der Waals surface area contributed by atoms with Gasteiger partial charge >= 0.3 is 0 Å². The van der Waals surface area contributed by atoms with Crippen molar-refractivity contribution in [3.63, 3.8) is 0 Å². The molecule has 10 heteroatoms. The zero-order valence-electron chi connectivity index (χ0n) is 31.9. The van der Waals surface area contributed by atoms with Gasteiger partial charge in [0.25, 0.3) is 0 Å². The normalized spacial score (nSPS) is 33.6. The molecule has 0 saturated heterocycles. The van der Waals surface area contributed by atoms with Crippen molar-refractivity contribution in [1.29, 1.82) is 0 Å². The number of hydrogen-bond donors (Lipinski definition) is 5. The van der Waals surface area contributed by atoms with Gasteiger partial charge in [-0.05, 0) is 127 Å². The lowest BCUT2D eigenvalue weighted by molar-refractivity contribution is -0.279. The van der Waals surface area contributed by atoms with Crippen LogP contribution in [-0.4, -0.2) is 44.8 Å². The van der Waals surface area contributed by atoms with E-state index in [2.05, 4.69) is 33.0 Å². The molecule has 0 unspecified atom stereocenters. The summed E-state index contributed by atoms with van der Waals surface area (Å²) < 4.78 is 6.65. The molecule has 0 radical (unpaired) electrons. The number of carbonyl (C=O) groups is 2. The summed E-state index contributed by atoms with van der Waals surface area (Å²) in [6.07, 6.45) is 0.256. The van der Waals surface area contributed by atoms with Crippen molar-refractivity contribution in [2.45, 2.75) is 124 Å². The monoisotopic (exact) mass is 717 g/mol. The first kappa shape index (κ1) is 38.1. The molecule has 282 valence electrons. The van der Waals surface area contributed by atoms with E-state index in [1.165, 1.54) is 13.0 Å². The molecular weight excluding hydrogens is 662 g/mol. The molecule has 6 rings (SSSR count). The molecule has 5 N–H and O–H groups in total. The summed E-state index contributed by atoms with van der Waals surface area (Å²) in [5.41, 5.74) is 0.00613. The predicted molar refractivity (Wildman–Crippen MR) is 196 cm³/mol. The highest BCUT2D eigenvalue weighted by atomic mass is 16.6. The third-order valence-electron chi connectivity index (χ3n) is 13.8. The summed E-state index contributed by atoms with van der Waals surface area (Å²) in [5, 5.41) is 50.2. The van der Waals surface area contributed by atoms with E-state index in [0.29, 0.717) is 41.5 Å². The van der Waals surface area contributed by atoms with Crippen LogP contribution in [0, 0.1) is 48.3 Å². The van der Waals surface area contributed by atoms with Gasteiger partial charge in [-0.3, -0.25) is 19.2 Å². The van der Waals surface area contributed by atoms with Crippen LogP contribution in [0.5, 0.6) is 11.5 Å². The summed E-state index contributed by atoms with van der Waals surface area (Å²) in [7, 11) is 0. The number of aromatic hydroxyl groups is 2. The Labute approximate surface area is 305 Å². The Morgan fingerprint density at radius 1 is 0.885 bits per heavy atom. The number of nitrogens with one attached hydrogen (secondary N) is 1. The molecule has 0 bridgehead atoms. The minimum Gasteiger partial charge on any atom is -0.504 e. The van der Waals surface area contributed by atoms with Crippen LogP contribution in [0.1, 0.15) is 131 Å². The quantitative estimate of drug-likeness (QED) is 0.256. The van der Waals surface area contributed by atoms with Crippen LogP contribution in [0.2, 0.25) is 0 Å². The lowest BCUT2D eigenvalue weighted by atomic mass is 9.59. The Kier molecular flexibility index (Phi) is 9.58. The standard InChI is InChI=1S/C42H55NO9/c1-19(2)26-10-12-40(8,31(47)18-43-23(7)44)34(26)28-15-25(16-30(46)36(48)21(28)5)42(51)17-24-14-29(45)37(49)22(6)32-33(24)38(52-42)39(50)41(9)13-11-27(20(3)4)35(32)41/h14-16,19-20,26-27,34-35,38-39,50-51H,10-13,17-18H2,1-9H3,(H,43,44)(H,45,49)(H,46,48)/t26-,27-,34-,35-,38-,39+,40+,41-,42+/m1/s1. The Balaban J connectivity index is 1.58. The first-order chi connectivity index (χ1) is 24.2. The molecule has 1 aliphatic heterocycles. The average molecular weight is 718 g/mol. The lowest BCUT2D eigenvalue weighted by Crippen LogP contribution is -2.51. The molecule has 2 aromatic rings. The maximum atomic E-state index is 13.9. The smallest absolute Gasteiger partial charge is 0.220 e. The number of fused-ring (bicyclic) bond motifs is 2. The fraction of sp³-hybridized carbons (Fsp3) is 0.619. The highest BCUT2D eigenvalue weighted by Crippen LogP contribution is 2.65. The Morgan fingerprint density at radius 2 is 1.46 bits per heavy atom. The van der Waals surface area contributed by atoms with Gasteiger partial charge in [0, 0.05) is 29.7 Å². The summed E-state index contributed by atoms with van der Waals surface area (Å²) >= 11 is 0. The molecule has 3 aliphatic carbocycles. The largest absolute Gasteiger partial charge is 0.504 e. The number of hydrogen-bond acceptors (Lipinski definition) is 9. The van der Waals surface area contributed by atoms with Crippen molar-refractivity contribution in [3.05, 3.63) is 77.6 Å². The van der Waals surface area contributed by atoms with Gasteiger partial charge < -0.3 is 30.5 Å². The van der Waals surface area contributed by atoms with Crippen LogP contribution in [0.25, 0.3) is 0 Å². The topological polar surface area (TPSA) is 170 Å². The number of carbonyl (C=O) groups excluding carboxylic acids is 2. The molecule has 2 aromatic carbocycles. The summed E-state index contributed by atoms with van der Waals surface area (Å²) in [6.45, 7) is 16.8. The molecule has 2 fully saturated rings. The number of ether oxygens (including phenoxy) is 1. The molecule has 1 heterocycles. The summed E-state index contributed by atoms with van der Waals surface area (Å²) in [5.74, 6) is -3.78. The molecule has 0 spiro atoms. The van der Waals surface area contributed by atoms with Crippen LogP contribution in [0.4, 0.5) is 0 Å². The molecule has 1 amide bonds. The lowest BCUT2D eigenvalue weighted by Gasteiger charge is -2.52. The van der Waals surface area contributed by atoms with Gasteiger partial charge in [-0.25, -0.2) is 0 Å². The second kappa shape index (κ2) is 13.1. The van der Waals surface area contributed by atoms with Crippen LogP contribution >= 0.6 is 0 Å². The number of ketones is 1. The van der Waals surface area contributed by atoms with Crippen molar-refractivity contribution in [2.75, 3.05) is 6.54 Å². The fourth-order valence-electron chi connectivity index (χ4n) is 10.7. The first-order valence-corrected chi connectivity index (χ1v) is 18.8. The van der Waals surface area contributed by atoms with E-state index in [1.54, 1.807) is 19.9 Å². The van der Waals surface area contributed by atoms with Gasteiger partial charge in [0.1, 0.15) is 6.10 Å². The van der Waals surface area contributed by atoms with E-state index in [0.717, 1.165) is 18.1 Å². The van der Waals surface area contributed by atoms with Gasteiger partial charge in [-0.2, -0.15) is 0 Å². The number of aliphatic hydroxyl groups is 2. The van der Waals surface area contributed by atoms with Gasteiger partial charge in [0.2, 0.25) is 16.8 Å². The van der Waals surface area contributed by atoms with Crippen LogP contribution in [0.3, 0.4) is 0 Å².